The van der Waals surface area contributed by atoms with Crippen molar-refractivity contribution in [3.8, 4) is 5.75 Å². The Hall–Kier alpha value is -2.67. The Morgan fingerprint density at radius 2 is 1.91 bits per heavy atom. The van der Waals surface area contributed by atoms with E-state index >= 15 is 0 Å². The van der Waals surface area contributed by atoms with E-state index in [-0.39, 0.29) is 28.7 Å². The number of phenols is 1. The van der Waals surface area contributed by atoms with Crippen molar-refractivity contribution < 1.29 is 24.9 Å². The number of hydrogen-bond donors (Lipinski definition) is 4. The Balaban J connectivity index is 1.79. The fraction of sp³-hybridized carbons (Fsp3) is 0.423. The number of rotatable bonds is 4. The quantitative estimate of drug-likeness (QED) is 0.583. The number of allylic oxidation sites excluding steroid dienone is 1. The van der Waals surface area contributed by atoms with E-state index in [0.717, 1.165) is 19.3 Å². The van der Waals surface area contributed by atoms with Crippen LogP contribution in [0.4, 0.5) is 5.69 Å². The van der Waals surface area contributed by atoms with Gasteiger partial charge in [-0.25, -0.2) is 0 Å². The predicted molar refractivity (Wildman–Crippen MR) is 123 cm³/mol. The van der Waals surface area contributed by atoms with Crippen molar-refractivity contribution in [1.82, 2.24) is 0 Å². The highest BCUT2D eigenvalue weighted by Crippen LogP contribution is 2.48. The molecule has 1 saturated carbocycles. The number of carbonyl (C=O) groups excluding carboxylic acids is 1. The maximum Gasteiger partial charge on any atom is 0.257 e. The molecule has 0 spiro atoms. The minimum Gasteiger partial charge on any atom is -0.507 e. The zero-order valence-corrected chi connectivity index (χ0v) is 18.7. The first-order valence-corrected chi connectivity index (χ1v) is 11.0. The van der Waals surface area contributed by atoms with Crippen LogP contribution in [0.1, 0.15) is 49.8 Å². The summed E-state index contributed by atoms with van der Waals surface area (Å²) in [4.78, 5) is 12.7. The summed E-state index contributed by atoms with van der Waals surface area (Å²) in [6, 6.07) is 12.2. The number of fused-ring (bicyclic) bond motifs is 1. The smallest absolute Gasteiger partial charge is 0.257 e. The Kier molecular flexibility index (Phi) is 5.88. The number of nitrogens with one attached hydrogen (secondary N) is 1. The van der Waals surface area contributed by atoms with E-state index in [1.807, 2.05) is 12.1 Å². The minimum atomic E-state index is -1.85. The third kappa shape index (κ3) is 3.72. The van der Waals surface area contributed by atoms with Gasteiger partial charge < -0.3 is 25.4 Å². The molecule has 5 atom stereocenters. The summed E-state index contributed by atoms with van der Waals surface area (Å²) in [6.07, 6.45) is 4.90. The average Bonchev–Trinajstić information content (AvgIpc) is 2.77. The summed E-state index contributed by atoms with van der Waals surface area (Å²) in [6.45, 7) is 4.21. The van der Waals surface area contributed by atoms with Gasteiger partial charge in [0, 0.05) is 12.7 Å². The second kappa shape index (κ2) is 8.35. The monoisotopic (exact) mass is 437 g/mol. The number of aliphatic hydroxyl groups is 2. The van der Waals surface area contributed by atoms with Gasteiger partial charge in [-0.1, -0.05) is 56.3 Å². The van der Waals surface area contributed by atoms with Crippen LogP contribution < -0.4 is 5.32 Å². The first-order chi connectivity index (χ1) is 15.2. The van der Waals surface area contributed by atoms with E-state index in [0.29, 0.717) is 16.8 Å². The van der Waals surface area contributed by atoms with E-state index < -0.39 is 17.6 Å². The van der Waals surface area contributed by atoms with Gasteiger partial charge in [-0.3, -0.25) is 4.79 Å². The number of amides is 1. The van der Waals surface area contributed by atoms with Crippen LogP contribution in [-0.2, 0) is 15.1 Å². The van der Waals surface area contributed by atoms with Crippen molar-refractivity contribution >= 4 is 17.7 Å². The van der Waals surface area contributed by atoms with E-state index in [2.05, 4.69) is 25.2 Å². The van der Waals surface area contributed by atoms with Gasteiger partial charge in [-0.05, 0) is 48.3 Å². The summed E-state index contributed by atoms with van der Waals surface area (Å²) in [7, 11) is 1.36. The average molecular weight is 438 g/mol. The number of aliphatic hydroxyl groups excluding tert-OH is 1. The molecule has 1 amide bonds. The molecule has 0 saturated heterocycles. The molecular formula is C26H31NO5. The molecule has 0 radical (unpaired) electrons. The zero-order valence-electron chi connectivity index (χ0n) is 18.7. The molecule has 170 valence electrons. The highest BCUT2D eigenvalue weighted by Gasteiger charge is 2.51. The molecule has 32 heavy (non-hydrogen) atoms. The topological polar surface area (TPSA) is 99.0 Å². The van der Waals surface area contributed by atoms with Crippen molar-refractivity contribution in [2.75, 3.05) is 12.4 Å². The fourth-order valence-corrected chi connectivity index (χ4v) is 5.19. The molecule has 2 aromatic carbocycles. The number of carbonyl (C=O) groups is 1. The number of phenolic OH excluding ortho intramolecular Hbond substituents is 1. The van der Waals surface area contributed by atoms with Crippen molar-refractivity contribution in [3.63, 3.8) is 0 Å². The highest BCUT2D eigenvalue weighted by atomic mass is 16.5. The van der Waals surface area contributed by atoms with Crippen molar-refractivity contribution in [1.29, 1.82) is 0 Å². The van der Waals surface area contributed by atoms with E-state index in [9.17, 15) is 20.1 Å². The molecular weight excluding hydrogens is 406 g/mol. The lowest BCUT2D eigenvalue weighted by Crippen LogP contribution is -2.52. The van der Waals surface area contributed by atoms with Crippen LogP contribution in [0.3, 0.4) is 0 Å². The number of ether oxygens (including phenoxy) is 1. The van der Waals surface area contributed by atoms with Crippen LogP contribution in [0.2, 0.25) is 0 Å². The summed E-state index contributed by atoms with van der Waals surface area (Å²) in [5, 5.41) is 36.0. The molecule has 1 fully saturated rings. The predicted octanol–water partition coefficient (Wildman–Crippen LogP) is 3.80. The third-order valence-electron chi connectivity index (χ3n) is 7.04. The van der Waals surface area contributed by atoms with Crippen LogP contribution in [0.5, 0.6) is 5.75 Å². The molecule has 1 heterocycles. The van der Waals surface area contributed by atoms with Gasteiger partial charge in [0.15, 0.2) is 11.7 Å². The fourth-order valence-electron chi connectivity index (χ4n) is 5.19. The van der Waals surface area contributed by atoms with Gasteiger partial charge in [0.25, 0.3) is 5.91 Å². The van der Waals surface area contributed by atoms with Gasteiger partial charge in [-0.2, -0.15) is 0 Å². The van der Waals surface area contributed by atoms with Crippen LogP contribution in [0.15, 0.2) is 48.5 Å². The molecule has 2 aliphatic rings. The lowest BCUT2D eigenvalue weighted by Gasteiger charge is -2.40. The van der Waals surface area contributed by atoms with Crippen LogP contribution >= 0.6 is 0 Å². The second-order valence-electron chi connectivity index (χ2n) is 9.44. The van der Waals surface area contributed by atoms with E-state index in [1.165, 1.54) is 7.11 Å². The molecule has 1 aliphatic heterocycles. The number of aromatic hydroxyl groups is 1. The molecule has 1 aliphatic carbocycles. The standard InChI is InChI=1S/C26H31NO5/c1-16-15-25(2,14-12-20(16)28)13-11-17-9-10-19-21(22(17)29)26(31,18-7-5-4-6-8-18)23(32-3)24(30)27-19/h4-11,13,16,20,23,28-29,31H,12,14-15H2,1-3H3,(H,27,30)/b13-11+/t16-,20-,23+,25+,26-/m0/s1. The third-order valence-corrected chi connectivity index (χ3v) is 7.04. The number of benzene rings is 2. The van der Waals surface area contributed by atoms with Crippen molar-refractivity contribution in [2.24, 2.45) is 11.3 Å². The lowest BCUT2D eigenvalue weighted by molar-refractivity contribution is -0.142. The van der Waals surface area contributed by atoms with Gasteiger partial charge >= 0.3 is 0 Å². The lowest BCUT2D eigenvalue weighted by atomic mass is 9.70. The van der Waals surface area contributed by atoms with Crippen LogP contribution in [0.25, 0.3) is 6.08 Å². The zero-order chi connectivity index (χ0) is 23.1. The van der Waals surface area contributed by atoms with Crippen molar-refractivity contribution in [2.45, 2.75) is 50.9 Å². The molecule has 0 aromatic heterocycles. The number of methoxy groups -OCH3 is 1. The van der Waals surface area contributed by atoms with E-state index in [4.69, 9.17) is 4.74 Å². The minimum absolute atomic E-state index is 0.0972. The number of hydrogen-bond acceptors (Lipinski definition) is 5. The van der Waals surface area contributed by atoms with Gasteiger partial charge in [0.05, 0.1) is 17.4 Å². The van der Waals surface area contributed by atoms with Gasteiger partial charge in [0.2, 0.25) is 0 Å². The summed E-state index contributed by atoms with van der Waals surface area (Å²) >= 11 is 0. The molecule has 4 N–H and O–H groups in total. The largest absolute Gasteiger partial charge is 0.507 e. The first-order valence-electron chi connectivity index (χ1n) is 11.0. The van der Waals surface area contributed by atoms with Crippen LogP contribution in [-0.4, -0.2) is 40.5 Å². The molecule has 0 bridgehead atoms. The maximum atomic E-state index is 12.7. The van der Waals surface area contributed by atoms with E-state index in [1.54, 1.807) is 36.4 Å². The molecule has 6 heteroatoms. The second-order valence-corrected chi connectivity index (χ2v) is 9.44. The Morgan fingerprint density at radius 3 is 2.56 bits per heavy atom. The normalized spacial score (nSPS) is 32.5. The van der Waals surface area contributed by atoms with Crippen molar-refractivity contribution in [3.05, 3.63) is 65.2 Å². The first kappa shape index (κ1) is 22.5. The highest BCUT2D eigenvalue weighted by molar-refractivity contribution is 6.00. The molecule has 6 nitrogen and oxygen atoms in total. The summed E-state index contributed by atoms with van der Waals surface area (Å²) in [5.41, 5.74) is -0.375. The van der Waals surface area contributed by atoms with Gasteiger partial charge in [-0.15, -0.1) is 0 Å². The summed E-state index contributed by atoms with van der Waals surface area (Å²) < 4.78 is 5.40. The summed E-state index contributed by atoms with van der Waals surface area (Å²) in [5.74, 6) is -0.368. The SMILES string of the molecule is CO[C@@H]1C(=O)Nc2ccc(/C=C/[C@]3(C)CC[C@H](O)[C@@H](C)C3)c(O)c2[C@@]1(O)c1ccccc1. The molecule has 0 unspecified atom stereocenters. The Bertz CT molecular complexity index is 1040. The molecule has 2 aromatic rings. The Labute approximate surface area is 188 Å². The van der Waals surface area contributed by atoms with Crippen LogP contribution in [0, 0.1) is 11.3 Å². The maximum absolute atomic E-state index is 12.7. The van der Waals surface area contributed by atoms with Gasteiger partial charge in [0.1, 0.15) is 5.75 Å². The molecule has 4 rings (SSSR count). The Morgan fingerprint density at radius 1 is 1.19 bits per heavy atom. The number of anilines is 1.